The average molecular weight is 1340 g/mol. The Morgan fingerprint density at radius 2 is 0.226 bits per heavy atom. The lowest BCUT2D eigenvalue weighted by atomic mass is 9.74. The highest BCUT2D eigenvalue weighted by molar-refractivity contribution is 6.23. The zero-order valence-corrected chi connectivity index (χ0v) is 58.4. The van der Waals surface area contributed by atoms with Crippen LogP contribution in [0.15, 0.2) is 425 Å². The summed E-state index contributed by atoms with van der Waals surface area (Å²) in [4.78, 5) is 0. The Labute approximate surface area is 619 Å². The summed E-state index contributed by atoms with van der Waals surface area (Å²) in [6.07, 6.45) is 0. The van der Waals surface area contributed by atoms with Crippen LogP contribution in [0.5, 0.6) is 0 Å². The van der Waals surface area contributed by atoms with Gasteiger partial charge < -0.3 is 0 Å². The fourth-order valence-corrected chi connectivity index (χ4v) is 16.8. The van der Waals surface area contributed by atoms with Gasteiger partial charge >= 0.3 is 0 Å². The maximum absolute atomic E-state index is 2.41. The molecule has 19 aromatic carbocycles. The fraction of sp³-hybridized carbons (Fsp3) is 0. The van der Waals surface area contributed by atoms with Crippen LogP contribution < -0.4 is 0 Å². The van der Waals surface area contributed by atoms with E-state index in [1.165, 1.54) is 121 Å². The van der Waals surface area contributed by atoms with Crippen LogP contribution in [-0.4, -0.2) is 0 Å². The molecule has 0 nitrogen and oxygen atoms in total. The second-order valence-electron chi connectivity index (χ2n) is 27.5. The summed E-state index contributed by atoms with van der Waals surface area (Å²) in [5, 5.41) is 9.58. The molecular formula is C106H70. The van der Waals surface area contributed by atoms with Crippen LogP contribution in [0.4, 0.5) is 0 Å². The van der Waals surface area contributed by atoms with Crippen molar-refractivity contribution in [3.63, 3.8) is 0 Å². The molecule has 0 unspecified atom stereocenters. The maximum Gasteiger partial charge on any atom is -0.00137 e. The lowest BCUT2D eigenvalue weighted by Gasteiger charge is -2.29. The van der Waals surface area contributed by atoms with Crippen LogP contribution >= 0.6 is 0 Å². The maximum atomic E-state index is 2.41. The minimum Gasteiger partial charge on any atom is -0.0622 e. The van der Waals surface area contributed by atoms with Crippen LogP contribution in [0.1, 0.15) is 0 Å². The molecule has 0 saturated carbocycles. The van der Waals surface area contributed by atoms with Gasteiger partial charge in [-0.2, -0.15) is 0 Å². The van der Waals surface area contributed by atoms with Crippen molar-refractivity contribution in [3.05, 3.63) is 425 Å². The molecule has 0 heteroatoms. The van der Waals surface area contributed by atoms with E-state index < -0.39 is 0 Å². The van der Waals surface area contributed by atoms with Crippen LogP contribution in [0, 0.1) is 0 Å². The highest BCUT2D eigenvalue weighted by Gasteiger charge is 2.32. The van der Waals surface area contributed by atoms with E-state index in [1.807, 2.05) is 0 Å². The van der Waals surface area contributed by atoms with Crippen molar-refractivity contribution in [2.75, 3.05) is 0 Å². The van der Waals surface area contributed by atoms with Gasteiger partial charge in [0.05, 0.1) is 0 Å². The molecular weight excluding hydrogens is 1270 g/mol. The van der Waals surface area contributed by atoms with E-state index in [-0.39, 0.29) is 0 Å². The van der Waals surface area contributed by atoms with Gasteiger partial charge in [0.25, 0.3) is 0 Å². The molecule has 0 spiro atoms. The number of hydrogen-bond acceptors (Lipinski definition) is 0. The first-order chi connectivity index (χ1) is 52.7. The SMILES string of the molecule is c1ccc(-c2c(-c3ccccc3)c(-c3ccccc3)c(-c3ccc4ccccc4c3)c(-c3ccc(-c4c5ccccc5c(-c5ccc(-c6c(-c7ccccc7)c(-c7ccccc7)c(-c7ccccc7)c(-c7ccccc7)c6-c6ccc7ccccc7c6)cc5)c5ccccc45)cc3)c2-c2ccccc2)cc1. The summed E-state index contributed by atoms with van der Waals surface area (Å²) in [5.74, 6) is 0. The fourth-order valence-electron chi connectivity index (χ4n) is 16.8. The molecule has 0 heterocycles. The van der Waals surface area contributed by atoms with Gasteiger partial charge in [-0.15, -0.1) is 0 Å². The summed E-state index contributed by atoms with van der Waals surface area (Å²) in [5.41, 5.74) is 32.8. The molecule has 0 bridgehead atoms. The van der Waals surface area contributed by atoms with Gasteiger partial charge in [-0.05, 0) is 211 Å². The molecule has 19 rings (SSSR count). The number of hydrogen-bond donors (Lipinski definition) is 0. The van der Waals surface area contributed by atoms with Crippen molar-refractivity contribution < 1.29 is 0 Å². The predicted molar refractivity (Wildman–Crippen MR) is 453 cm³/mol. The third kappa shape index (κ3) is 11.3. The highest BCUT2D eigenvalue weighted by Crippen LogP contribution is 2.59. The average Bonchev–Trinajstić information content (AvgIpc) is 0.733. The number of rotatable bonds is 14. The Morgan fingerprint density at radius 1 is 0.0849 bits per heavy atom. The van der Waals surface area contributed by atoms with Gasteiger partial charge in [-0.3, -0.25) is 0 Å². The van der Waals surface area contributed by atoms with Crippen molar-refractivity contribution in [2.45, 2.75) is 0 Å². The molecule has 0 aliphatic heterocycles. The Kier molecular flexibility index (Phi) is 16.4. The Morgan fingerprint density at radius 3 is 0.434 bits per heavy atom. The predicted octanol–water partition coefficient (Wildman–Crippen LogP) is 29.6. The molecule has 106 heavy (non-hydrogen) atoms. The van der Waals surface area contributed by atoms with Crippen LogP contribution in [0.2, 0.25) is 0 Å². The molecule has 0 atom stereocenters. The first kappa shape index (κ1) is 63.2. The lowest BCUT2D eigenvalue weighted by Crippen LogP contribution is -2.02. The quantitative estimate of drug-likeness (QED) is 0.0952. The monoisotopic (exact) mass is 1340 g/mol. The van der Waals surface area contributed by atoms with Gasteiger partial charge in [-0.25, -0.2) is 0 Å². The van der Waals surface area contributed by atoms with Crippen molar-refractivity contribution in [1.82, 2.24) is 0 Å². The molecule has 0 saturated heterocycles. The van der Waals surface area contributed by atoms with Crippen LogP contribution in [-0.2, 0) is 0 Å². The summed E-state index contributed by atoms with van der Waals surface area (Å²) < 4.78 is 0. The van der Waals surface area contributed by atoms with E-state index in [0.717, 1.165) is 77.9 Å². The van der Waals surface area contributed by atoms with Crippen molar-refractivity contribution in [2.24, 2.45) is 0 Å². The van der Waals surface area contributed by atoms with E-state index in [0.29, 0.717) is 0 Å². The molecule has 0 radical (unpaired) electrons. The summed E-state index contributed by atoms with van der Waals surface area (Å²) >= 11 is 0. The van der Waals surface area contributed by atoms with Crippen molar-refractivity contribution in [1.29, 1.82) is 0 Å². The molecule has 494 valence electrons. The van der Waals surface area contributed by atoms with E-state index >= 15 is 0 Å². The Hall–Kier alpha value is -13.8. The van der Waals surface area contributed by atoms with Gasteiger partial charge in [0.1, 0.15) is 0 Å². The third-order valence-corrected chi connectivity index (χ3v) is 21.4. The largest absolute Gasteiger partial charge is 0.0622 e. The van der Waals surface area contributed by atoms with E-state index in [2.05, 4.69) is 425 Å². The normalized spacial score (nSPS) is 11.4. The summed E-state index contributed by atoms with van der Waals surface area (Å²) in [6, 6.07) is 158. The molecule has 0 N–H and O–H groups in total. The molecule has 0 fully saturated rings. The number of fused-ring (bicyclic) bond motifs is 4. The van der Waals surface area contributed by atoms with Crippen molar-refractivity contribution >= 4 is 43.1 Å². The topological polar surface area (TPSA) is 0 Å². The minimum atomic E-state index is 1.13. The molecule has 0 amide bonds. The lowest BCUT2D eigenvalue weighted by molar-refractivity contribution is 1.52. The van der Waals surface area contributed by atoms with Gasteiger partial charge in [-0.1, -0.05) is 413 Å². The smallest absolute Gasteiger partial charge is 0.00137 e. The van der Waals surface area contributed by atoms with Gasteiger partial charge in [0.15, 0.2) is 0 Å². The van der Waals surface area contributed by atoms with Crippen molar-refractivity contribution in [3.8, 4) is 156 Å². The minimum absolute atomic E-state index is 1.13. The molecule has 19 aromatic rings. The van der Waals surface area contributed by atoms with E-state index in [1.54, 1.807) is 0 Å². The van der Waals surface area contributed by atoms with E-state index in [9.17, 15) is 0 Å². The second kappa shape index (κ2) is 27.5. The first-order valence-corrected chi connectivity index (χ1v) is 36.7. The highest BCUT2D eigenvalue weighted by atomic mass is 14.3. The Bertz CT molecular complexity index is 5990. The summed E-state index contributed by atoms with van der Waals surface area (Å²) in [7, 11) is 0. The third-order valence-electron chi connectivity index (χ3n) is 21.4. The Balaban J connectivity index is 0.841. The number of benzene rings is 19. The summed E-state index contributed by atoms with van der Waals surface area (Å²) in [6.45, 7) is 0. The standard InChI is InChI=1S/C106H70/c1-9-35-73(36-10-1)95-97(75-39-13-3-14-40-75)101(79-47-21-7-22-48-79)105(87-67-57-71-33-25-27-51-85(71)69-87)103(99(95)77-43-17-5-18-44-77)83-63-59-81(60-64-83)93-89-53-29-31-55-91(89)94(92-56-32-30-54-90(92)93)82-61-65-84(66-62-82)104-100(78-45-19-6-20-46-78)96(74-37-11-2-12-38-74)98(76-41-15-4-16-42-76)102(80-49-23-8-24-50-80)106(104)88-68-58-72-34-26-28-52-86(72)70-88/h1-70H. The van der Waals surface area contributed by atoms with Crippen LogP contribution in [0.25, 0.3) is 199 Å². The van der Waals surface area contributed by atoms with E-state index in [4.69, 9.17) is 0 Å². The van der Waals surface area contributed by atoms with Gasteiger partial charge in [0.2, 0.25) is 0 Å². The van der Waals surface area contributed by atoms with Crippen LogP contribution in [0.3, 0.4) is 0 Å². The molecule has 0 aromatic heterocycles. The first-order valence-electron chi connectivity index (χ1n) is 36.7. The molecule has 0 aliphatic rings. The zero-order chi connectivity index (χ0) is 70.3. The zero-order valence-electron chi connectivity index (χ0n) is 58.4. The van der Waals surface area contributed by atoms with Gasteiger partial charge in [0, 0.05) is 0 Å². The molecule has 0 aliphatic carbocycles. The second-order valence-corrected chi connectivity index (χ2v) is 27.5.